The molecule has 0 spiro atoms. The molecule has 1 aromatic rings. The lowest BCUT2D eigenvalue weighted by Gasteiger charge is -2.20. The maximum atomic E-state index is 13.4. The van der Waals surface area contributed by atoms with Crippen LogP contribution >= 0.6 is 11.6 Å². The standard InChI is InChI=1S/C12H16ClFN2O/c1-7-4-9(13)11(6-10(7)14)16(3)12(17)5-8(2)15/h4,6,8H,5,15H2,1-3H3. The fourth-order valence-corrected chi connectivity index (χ4v) is 1.78. The van der Waals surface area contributed by atoms with E-state index in [1.807, 2.05) is 0 Å². The minimum absolute atomic E-state index is 0.190. The van der Waals surface area contributed by atoms with Crippen LogP contribution in [0.4, 0.5) is 10.1 Å². The van der Waals surface area contributed by atoms with Gasteiger partial charge in [-0.25, -0.2) is 4.39 Å². The Kier molecular flexibility index (Phi) is 4.48. The molecule has 94 valence electrons. The van der Waals surface area contributed by atoms with Crippen LogP contribution in [-0.2, 0) is 4.79 Å². The Labute approximate surface area is 105 Å². The van der Waals surface area contributed by atoms with E-state index < -0.39 is 0 Å². The largest absolute Gasteiger partial charge is 0.327 e. The molecule has 0 saturated heterocycles. The van der Waals surface area contributed by atoms with Crippen LogP contribution in [-0.4, -0.2) is 19.0 Å². The lowest BCUT2D eigenvalue weighted by Crippen LogP contribution is -2.32. The average molecular weight is 259 g/mol. The molecule has 1 unspecified atom stereocenters. The molecule has 0 aliphatic carbocycles. The molecule has 1 atom stereocenters. The molecule has 0 aromatic heterocycles. The highest BCUT2D eigenvalue weighted by Crippen LogP contribution is 2.28. The molecule has 1 amide bonds. The lowest BCUT2D eigenvalue weighted by molar-refractivity contribution is -0.118. The third-order valence-corrected chi connectivity index (χ3v) is 2.76. The Hall–Kier alpha value is -1.13. The topological polar surface area (TPSA) is 46.3 Å². The van der Waals surface area contributed by atoms with Crippen molar-refractivity contribution >= 4 is 23.2 Å². The van der Waals surface area contributed by atoms with Crippen molar-refractivity contribution in [1.82, 2.24) is 0 Å². The van der Waals surface area contributed by atoms with Crippen molar-refractivity contribution in [2.75, 3.05) is 11.9 Å². The Morgan fingerprint density at radius 1 is 1.59 bits per heavy atom. The van der Waals surface area contributed by atoms with E-state index in [-0.39, 0.29) is 24.2 Å². The quantitative estimate of drug-likeness (QED) is 0.905. The van der Waals surface area contributed by atoms with Gasteiger partial charge >= 0.3 is 0 Å². The lowest BCUT2D eigenvalue weighted by atomic mass is 10.2. The van der Waals surface area contributed by atoms with Gasteiger partial charge < -0.3 is 10.6 Å². The summed E-state index contributed by atoms with van der Waals surface area (Å²) in [7, 11) is 1.56. The first-order chi connectivity index (χ1) is 7.82. The molecule has 0 bridgehead atoms. The summed E-state index contributed by atoms with van der Waals surface area (Å²) in [5, 5.41) is 0.351. The van der Waals surface area contributed by atoms with Crippen molar-refractivity contribution in [3.8, 4) is 0 Å². The average Bonchev–Trinajstić information content (AvgIpc) is 2.21. The number of rotatable bonds is 3. The van der Waals surface area contributed by atoms with Crippen molar-refractivity contribution < 1.29 is 9.18 Å². The summed E-state index contributed by atoms with van der Waals surface area (Å²) in [6.45, 7) is 3.36. The molecular formula is C12H16ClFN2O. The van der Waals surface area contributed by atoms with Crippen molar-refractivity contribution in [3.63, 3.8) is 0 Å². The van der Waals surface area contributed by atoms with Crippen LogP contribution in [0.3, 0.4) is 0 Å². The maximum absolute atomic E-state index is 13.4. The normalized spacial score (nSPS) is 12.4. The summed E-state index contributed by atoms with van der Waals surface area (Å²) in [6, 6.07) is 2.53. The minimum Gasteiger partial charge on any atom is -0.327 e. The number of halogens is 2. The Balaban J connectivity index is 3.00. The molecule has 0 aliphatic heterocycles. The summed E-state index contributed by atoms with van der Waals surface area (Å²) in [5.41, 5.74) is 6.36. The molecular weight excluding hydrogens is 243 g/mol. The Morgan fingerprint density at radius 2 is 2.18 bits per heavy atom. The SMILES string of the molecule is Cc1cc(Cl)c(N(C)C(=O)CC(C)N)cc1F. The van der Waals surface area contributed by atoms with Crippen LogP contribution in [0.5, 0.6) is 0 Å². The summed E-state index contributed by atoms with van der Waals surface area (Å²) in [4.78, 5) is 13.1. The fourth-order valence-electron chi connectivity index (χ4n) is 1.44. The molecule has 5 heteroatoms. The van der Waals surface area contributed by atoms with Gasteiger partial charge in [0, 0.05) is 19.5 Å². The van der Waals surface area contributed by atoms with Crippen molar-refractivity contribution in [1.29, 1.82) is 0 Å². The number of hydrogen-bond acceptors (Lipinski definition) is 2. The summed E-state index contributed by atoms with van der Waals surface area (Å²) >= 11 is 5.99. The zero-order valence-corrected chi connectivity index (χ0v) is 10.9. The molecule has 0 radical (unpaired) electrons. The van der Waals surface area contributed by atoms with E-state index in [4.69, 9.17) is 17.3 Å². The van der Waals surface area contributed by atoms with Crippen LogP contribution in [0.15, 0.2) is 12.1 Å². The highest BCUT2D eigenvalue weighted by Gasteiger charge is 2.16. The van der Waals surface area contributed by atoms with E-state index in [0.717, 1.165) is 0 Å². The molecule has 1 rings (SSSR count). The molecule has 1 aromatic carbocycles. The first-order valence-electron chi connectivity index (χ1n) is 5.30. The molecule has 2 N–H and O–H groups in total. The fraction of sp³-hybridized carbons (Fsp3) is 0.417. The van der Waals surface area contributed by atoms with E-state index in [9.17, 15) is 9.18 Å². The van der Waals surface area contributed by atoms with Gasteiger partial charge in [0.15, 0.2) is 0 Å². The monoisotopic (exact) mass is 258 g/mol. The van der Waals surface area contributed by atoms with E-state index >= 15 is 0 Å². The molecule has 0 saturated carbocycles. The van der Waals surface area contributed by atoms with Crippen LogP contribution in [0, 0.1) is 12.7 Å². The molecule has 0 heterocycles. The number of hydrogen-bond donors (Lipinski definition) is 1. The van der Waals surface area contributed by atoms with Gasteiger partial charge in [-0.2, -0.15) is 0 Å². The van der Waals surface area contributed by atoms with Gasteiger partial charge in [0.25, 0.3) is 0 Å². The minimum atomic E-state index is -0.384. The number of nitrogens with zero attached hydrogens (tertiary/aromatic N) is 1. The van der Waals surface area contributed by atoms with Crippen LogP contribution in [0.1, 0.15) is 18.9 Å². The number of carbonyl (C=O) groups excluding carboxylic acids is 1. The molecule has 0 fully saturated rings. The summed E-state index contributed by atoms with van der Waals surface area (Å²) < 4.78 is 13.4. The number of aryl methyl sites for hydroxylation is 1. The first kappa shape index (κ1) is 13.9. The number of carbonyl (C=O) groups is 1. The third-order valence-electron chi connectivity index (χ3n) is 2.46. The smallest absolute Gasteiger partial charge is 0.228 e. The number of anilines is 1. The van der Waals surface area contributed by atoms with Crippen LogP contribution in [0.25, 0.3) is 0 Å². The van der Waals surface area contributed by atoms with Gasteiger partial charge in [-0.05, 0) is 31.5 Å². The highest BCUT2D eigenvalue weighted by molar-refractivity contribution is 6.33. The summed E-state index contributed by atoms with van der Waals surface area (Å²) in [6.07, 6.45) is 0.197. The van der Waals surface area contributed by atoms with Gasteiger partial charge in [-0.3, -0.25) is 4.79 Å². The van der Waals surface area contributed by atoms with E-state index in [1.54, 1.807) is 20.9 Å². The van der Waals surface area contributed by atoms with E-state index in [0.29, 0.717) is 16.3 Å². The maximum Gasteiger partial charge on any atom is 0.228 e. The van der Waals surface area contributed by atoms with E-state index in [1.165, 1.54) is 17.0 Å². The van der Waals surface area contributed by atoms with Crippen LogP contribution < -0.4 is 10.6 Å². The van der Waals surface area contributed by atoms with Crippen molar-refractivity contribution in [2.45, 2.75) is 26.3 Å². The zero-order valence-electron chi connectivity index (χ0n) is 10.1. The number of benzene rings is 1. The Morgan fingerprint density at radius 3 is 2.71 bits per heavy atom. The van der Waals surface area contributed by atoms with Gasteiger partial charge in [-0.1, -0.05) is 11.6 Å². The molecule has 3 nitrogen and oxygen atoms in total. The number of nitrogens with two attached hydrogens (primary N) is 1. The van der Waals surface area contributed by atoms with Gasteiger partial charge in [-0.15, -0.1) is 0 Å². The van der Waals surface area contributed by atoms with E-state index in [2.05, 4.69) is 0 Å². The zero-order chi connectivity index (χ0) is 13.2. The second kappa shape index (κ2) is 5.47. The van der Waals surface area contributed by atoms with Gasteiger partial charge in [0.05, 0.1) is 10.7 Å². The summed E-state index contributed by atoms with van der Waals surface area (Å²) in [5.74, 6) is -0.574. The predicted octanol–water partition coefficient (Wildman–Crippen LogP) is 2.49. The van der Waals surface area contributed by atoms with Crippen molar-refractivity contribution in [3.05, 3.63) is 28.5 Å². The third kappa shape index (κ3) is 3.41. The molecule has 0 aliphatic rings. The van der Waals surface area contributed by atoms with Crippen LogP contribution in [0.2, 0.25) is 5.02 Å². The number of amides is 1. The predicted molar refractivity (Wildman–Crippen MR) is 67.8 cm³/mol. The Bertz CT molecular complexity index is 435. The first-order valence-corrected chi connectivity index (χ1v) is 5.68. The second-order valence-electron chi connectivity index (χ2n) is 4.19. The second-order valence-corrected chi connectivity index (χ2v) is 4.59. The van der Waals surface area contributed by atoms with Gasteiger partial charge in [0.1, 0.15) is 5.82 Å². The molecule has 17 heavy (non-hydrogen) atoms. The highest BCUT2D eigenvalue weighted by atomic mass is 35.5. The van der Waals surface area contributed by atoms with Gasteiger partial charge in [0.2, 0.25) is 5.91 Å². The van der Waals surface area contributed by atoms with Crippen molar-refractivity contribution in [2.24, 2.45) is 5.73 Å².